The van der Waals surface area contributed by atoms with E-state index in [0.717, 1.165) is 25.7 Å². The van der Waals surface area contributed by atoms with E-state index in [1.54, 1.807) is 50.3 Å². The highest BCUT2D eigenvalue weighted by atomic mass is 16.6. The van der Waals surface area contributed by atoms with E-state index in [1.807, 2.05) is 6.92 Å². The first-order chi connectivity index (χ1) is 20.9. The van der Waals surface area contributed by atoms with E-state index in [2.05, 4.69) is 6.92 Å². The maximum atomic E-state index is 14.7. The molecule has 5 rings (SSSR count). The molecule has 0 heterocycles. The maximum absolute atomic E-state index is 14.7. The average Bonchev–Trinajstić information content (AvgIpc) is 3.46. The predicted octanol–water partition coefficient (Wildman–Crippen LogP) is 3.68. The van der Waals surface area contributed by atoms with Gasteiger partial charge in [-0.2, -0.15) is 0 Å². The fourth-order valence-corrected chi connectivity index (χ4v) is 8.75. The number of fused-ring (bicyclic) bond motifs is 3. The monoisotopic (exact) mass is 610 g/mol. The number of carbonyl (C=O) groups is 3. The Labute approximate surface area is 259 Å². The fraction of sp³-hybridized carbons (Fsp3) is 0.629. The van der Waals surface area contributed by atoms with Crippen LogP contribution in [0.2, 0.25) is 0 Å². The van der Waals surface area contributed by atoms with Crippen LogP contribution in [0.5, 0.6) is 0 Å². The minimum absolute atomic E-state index is 0.00987. The first-order valence-electron chi connectivity index (χ1n) is 15.9. The SMILES string of the molecule is CCCCCCCC(=O)OC12CC(C)C34C=C(C)C(O)C3(O)C(O)C(CO)=CC(C4=O)C1C2(C)COC(=O)c1ccccc1. The van der Waals surface area contributed by atoms with Gasteiger partial charge in [-0.1, -0.05) is 76.8 Å². The van der Waals surface area contributed by atoms with Gasteiger partial charge in [-0.15, -0.1) is 0 Å². The second-order valence-electron chi connectivity index (χ2n) is 13.6. The van der Waals surface area contributed by atoms with Gasteiger partial charge < -0.3 is 29.9 Å². The van der Waals surface area contributed by atoms with E-state index in [4.69, 9.17) is 9.47 Å². The first kappa shape index (κ1) is 32.5. The van der Waals surface area contributed by atoms with E-state index < -0.39 is 76.3 Å². The summed E-state index contributed by atoms with van der Waals surface area (Å²) < 4.78 is 12.2. The molecule has 240 valence electrons. The Bertz CT molecular complexity index is 1350. The lowest BCUT2D eigenvalue weighted by Gasteiger charge is -2.48. The van der Waals surface area contributed by atoms with Gasteiger partial charge in [0.2, 0.25) is 0 Å². The molecule has 0 radical (unpaired) electrons. The number of aliphatic hydroxyl groups excluding tert-OH is 3. The number of aliphatic hydroxyl groups is 4. The molecule has 1 spiro atoms. The van der Waals surface area contributed by atoms with E-state index >= 15 is 0 Å². The van der Waals surface area contributed by atoms with Crippen LogP contribution in [-0.4, -0.2) is 74.8 Å². The number of benzene rings is 1. The number of allylic oxidation sites excluding steroid dienone is 1. The molecule has 9 nitrogen and oxygen atoms in total. The van der Waals surface area contributed by atoms with Gasteiger partial charge in [0.25, 0.3) is 0 Å². The summed E-state index contributed by atoms with van der Waals surface area (Å²) in [6.45, 7) is 6.53. The Morgan fingerprint density at radius 1 is 1.05 bits per heavy atom. The molecule has 1 aromatic rings. The van der Waals surface area contributed by atoms with Crippen LogP contribution in [-0.2, 0) is 19.1 Å². The van der Waals surface area contributed by atoms with Crippen LogP contribution >= 0.6 is 0 Å². The van der Waals surface area contributed by atoms with E-state index in [9.17, 15) is 34.8 Å². The molecule has 4 N–H and O–H groups in total. The lowest BCUT2D eigenvalue weighted by atomic mass is 9.59. The molecule has 4 aliphatic rings. The van der Waals surface area contributed by atoms with Gasteiger partial charge in [0.05, 0.1) is 17.6 Å². The Morgan fingerprint density at radius 3 is 2.39 bits per heavy atom. The third-order valence-corrected chi connectivity index (χ3v) is 11.1. The summed E-state index contributed by atoms with van der Waals surface area (Å²) in [5.74, 6) is -3.75. The lowest BCUT2D eigenvalue weighted by Crippen LogP contribution is -2.65. The Hall–Kier alpha value is -2.85. The van der Waals surface area contributed by atoms with Crippen LogP contribution in [0.25, 0.3) is 0 Å². The number of hydrogen-bond donors (Lipinski definition) is 4. The lowest BCUT2D eigenvalue weighted by molar-refractivity contribution is -0.192. The maximum Gasteiger partial charge on any atom is 0.338 e. The van der Waals surface area contributed by atoms with Gasteiger partial charge in [0, 0.05) is 23.7 Å². The summed E-state index contributed by atoms with van der Waals surface area (Å²) in [6.07, 6.45) is 4.85. The third-order valence-electron chi connectivity index (χ3n) is 11.1. The normalized spacial score (nSPS) is 38.8. The van der Waals surface area contributed by atoms with Gasteiger partial charge >= 0.3 is 11.9 Å². The largest absolute Gasteiger partial charge is 0.461 e. The number of ketones is 1. The standard InChI is InChI=1S/C35H46O9/c1-5-6-7-8-12-15-26(37)44-34-18-22(3)33-17-21(2)28(38)35(33,42)29(39)24(19-36)16-25(30(33)40)27(34)32(34,4)20-43-31(41)23-13-10-9-11-14-23/h9-11,13-14,16-17,22,25,27-29,36,38-39,42H,5-8,12,15,18-20H2,1-4H3. The predicted molar refractivity (Wildman–Crippen MR) is 161 cm³/mol. The molecule has 1 aromatic carbocycles. The van der Waals surface area contributed by atoms with Crippen LogP contribution in [0.3, 0.4) is 0 Å². The average molecular weight is 611 g/mol. The molecule has 9 heteroatoms. The van der Waals surface area contributed by atoms with Crippen molar-refractivity contribution in [3.05, 3.63) is 59.2 Å². The molecule has 44 heavy (non-hydrogen) atoms. The Kier molecular flexibility index (Phi) is 8.74. The summed E-state index contributed by atoms with van der Waals surface area (Å²) in [5, 5.41) is 45.1. The van der Waals surface area contributed by atoms with Gasteiger partial charge in [-0.05, 0) is 49.0 Å². The van der Waals surface area contributed by atoms with Crippen LogP contribution in [0, 0.1) is 28.6 Å². The Morgan fingerprint density at radius 2 is 1.73 bits per heavy atom. The van der Waals surface area contributed by atoms with Crippen molar-refractivity contribution >= 4 is 17.7 Å². The number of esters is 2. The molecule has 0 aromatic heterocycles. The highest BCUT2D eigenvalue weighted by molar-refractivity contribution is 5.96. The van der Waals surface area contributed by atoms with E-state index in [1.165, 1.54) is 6.08 Å². The molecule has 2 saturated carbocycles. The number of rotatable bonds is 11. The van der Waals surface area contributed by atoms with Crippen LogP contribution in [0.15, 0.2) is 53.6 Å². The summed E-state index contributed by atoms with van der Waals surface area (Å²) in [7, 11) is 0. The summed E-state index contributed by atoms with van der Waals surface area (Å²) in [4.78, 5) is 41.2. The first-order valence-corrected chi connectivity index (χ1v) is 15.9. The number of Topliss-reactive ketones (excluding diaryl/α,β-unsaturated/α-hetero) is 1. The van der Waals surface area contributed by atoms with Crippen molar-refractivity contribution in [2.45, 2.75) is 96.1 Å². The highest BCUT2D eigenvalue weighted by Gasteiger charge is 2.85. The van der Waals surface area contributed by atoms with Crippen molar-refractivity contribution in [1.82, 2.24) is 0 Å². The second kappa shape index (κ2) is 11.8. The minimum Gasteiger partial charge on any atom is -0.461 e. The molecule has 4 aliphatic carbocycles. The van der Waals surface area contributed by atoms with Gasteiger partial charge in [-0.3, -0.25) is 9.59 Å². The molecule has 0 aliphatic heterocycles. The van der Waals surface area contributed by atoms with Crippen molar-refractivity contribution in [2.75, 3.05) is 13.2 Å². The highest BCUT2D eigenvalue weighted by Crippen LogP contribution is 2.75. The topological polar surface area (TPSA) is 151 Å². The fourth-order valence-electron chi connectivity index (χ4n) is 8.75. The van der Waals surface area contributed by atoms with E-state index in [0.29, 0.717) is 17.6 Å². The minimum atomic E-state index is -2.33. The third kappa shape index (κ3) is 4.61. The van der Waals surface area contributed by atoms with Gasteiger partial charge in [-0.25, -0.2) is 4.79 Å². The van der Waals surface area contributed by atoms with Crippen molar-refractivity contribution in [1.29, 1.82) is 0 Å². The molecular formula is C35H46O9. The molecule has 0 amide bonds. The summed E-state index contributed by atoms with van der Waals surface area (Å²) in [6, 6.07) is 8.53. The molecular weight excluding hydrogens is 564 g/mol. The van der Waals surface area contributed by atoms with E-state index in [-0.39, 0.29) is 25.0 Å². The van der Waals surface area contributed by atoms with Crippen molar-refractivity contribution in [3.63, 3.8) is 0 Å². The van der Waals surface area contributed by atoms with Crippen LogP contribution in [0.4, 0.5) is 0 Å². The number of ether oxygens (including phenoxy) is 2. The second-order valence-corrected chi connectivity index (χ2v) is 13.6. The van der Waals surface area contributed by atoms with Crippen molar-refractivity contribution in [3.8, 4) is 0 Å². The van der Waals surface area contributed by atoms with Crippen LogP contribution in [0.1, 0.15) is 83.0 Å². The molecule has 9 atom stereocenters. The van der Waals surface area contributed by atoms with Gasteiger partial charge in [0.1, 0.15) is 30.0 Å². The number of unbranched alkanes of at least 4 members (excludes halogenated alkanes) is 4. The Balaban J connectivity index is 1.55. The molecule has 0 saturated heterocycles. The smallest absolute Gasteiger partial charge is 0.338 e. The number of carbonyl (C=O) groups excluding carboxylic acids is 3. The van der Waals surface area contributed by atoms with Crippen molar-refractivity contribution < 1.29 is 44.3 Å². The zero-order valence-corrected chi connectivity index (χ0v) is 26.1. The number of hydrogen-bond acceptors (Lipinski definition) is 9. The van der Waals surface area contributed by atoms with Gasteiger partial charge in [0.15, 0.2) is 5.78 Å². The molecule has 2 fully saturated rings. The van der Waals surface area contributed by atoms with Crippen LogP contribution < -0.4 is 0 Å². The summed E-state index contributed by atoms with van der Waals surface area (Å²) in [5.41, 5.74) is -5.52. The van der Waals surface area contributed by atoms with Crippen molar-refractivity contribution in [2.24, 2.45) is 28.6 Å². The molecule has 9 unspecified atom stereocenters. The molecule has 2 bridgehead atoms. The summed E-state index contributed by atoms with van der Waals surface area (Å²) >= 11 is 0. The quantitative estimate of drug-likeness (QED) is 0.167. The zero-order valence-electron chi connectivity index (χ0n) is 26.1. The zero-order chi connectivity index (χ0) is 32.1.